The van der Waals surface area contributed by atoms with Gasteiger partial charge in [0.15, 0.2) is 5.69 Å². The zero-order valence-electron chi connectivity index (χ0n) is 13.7. The van der Waals surface area contributed by atoms with Gasteiger partial charge in [0, 0.05) is 17.8 Å². The van der Waals surface area contributed by atoms with Gasteiger partial charge in [0.2, 0.25) is 0 Å². The summed E-state index contributed by atoms with van der Waals surface area (Å²) in [6, 6.07) is 8.20. The molecule has 24 heavy (non-hydrogen) atoms. The number of aromatic nitrogens is 2. The number of carbonyl (C=O) groups excluding carboxylic acids is 1. The Morgan fingerprint density at radius 1 is 1.25 bits per heavy atom. The van der Waals surface area contributed by atoms with E-state index in [0.717, 1.165) is 42.6 Å². The highest BCUT2D eigenvalue weighted by atomic mass is 16.4. The Kier molecular flexibility index (Phi) is 4.64. The molecule has 6 heteroatoms. The number of rotatable bonds is 6. The Hall–Kier alpha value is -2.63. The monoisotopic (exact) mass is 327 g/mol. The molecular weight excluding hydrogens is 306 g/mol. The van der Waals surface area contributed by atoms with Gasteiger partial charge in [-0.3, -0.25) is 9.59 Å². The van der Waals surface area contributed by atoms with Gasteiger partial charge in [0.05, 0.1) is 12.1 Å². The molecule has 126 valence electrons. The number of nitrogens with one attached hydrogen (secondary N) is 1. The predicted octanol–water partition coefficient (Wildman–Crippen LogP) is 2.13. The molecule has 1 aliphatic rings. The fourth-order valence-corrected chi connectivity index (χ4v) is 3.07. The van der Waals surface area contributed by atoms with Gasteiger partial charge < -0.3 is 10.4 Å². The van der Waals surface area contributed by atoms with Gasteiger partial charge in [-0.05, 0) is 43.4 Å². The lowest BCUT2D eigenvalue weighted by atomic mass is 10.1. The van der Waals surface area contributed by atoms with Crippen molar-refractivity contribution >= 4 is 11.9 Å². The van der Waals surface area contributed by atoms with E-state index < -0.39 is 5.97 Å². The molecular formula is C18H21N3O3. The maximum Gasteiger partial charge on any atom is 0.305 e. The van der Waals surface area contributed by atoms with Crippen molar-refractivity contribution in [3.8, 4) is 5.69 Å². The minimum atomic E-state index is -0.929. The summed E-state index contributed by atoms with van der Waals surface area (Å²) in [6.45, 7) is 2.22. The summed E-state index contributed by atoms with van der Waals surface area (Å²) in [5, 5.41) is 15.8. The normalized spacial score (nSPS) is 12.9. The van der Waals surface area contributed by atoms with Crippen molar-refractivity contribution in [3.63, 3.8) is 0 Å². The van der Waals surface area contributed by atoms with Crippen LogP contribution in [0.25, 0.3) is 5.69 Å². The van der Waals surface area contributed by atoms with Crippen molar-refractivity contribution < 1.29 is 14.7 Å². The first kappa shape index (κ1) is 16.2. The molecule has 2 aromatic rings. The molecule has 0 saturated heterocycles. The Labute approximate surface area is 140 Å². The highest BCUT2D eigenvalue weighted by Crippen LogP contribution is 2.28. The third-order valence-corrected chi connectivity index (χ3v) is 4.36. The molecule has 0 aliphatic heterocycles. The van der Waals surface area contributed by atoms with Crippen LogP contribution in [0.15, 0.2) is 24.3 Å². The van der Waals surface area contributed by atoms with E-state index in [4.69, 9.17) is 5.11 Å². The van der Waals surface area contributed by atoms with E-state index in [2.05, 4.69) is 29.5 Å². The maximum absolute atomic E-state index is 12.4. The molecule has 1 heterocycles. The molecule has 6 nitrogen and oxygen atoms in total. The zero-order chi connectivity index (χ0) is 17.1. The fraction of sp³-hybridized carbons (Fsp3) is 0.389. The first-order chi connectivity index (χ1) is 11.6. The van der Waals surface area contributed by atoms with Gasteiger partial charge in [-0.25, -0.2) is 4.68 Å². The second-order valence-electron chi connectivity index (χ2n) is 5.96. The van der Waals surface area contributed by atoms with E-state index in [-0.39, 0.29) is 18.9 Å². The summed E-state index contributed by atoms with van der Waals surface area (Å²) in [6.07, 6.45) is 3.64. The predicted molar refractivity (Wildman–Crippen MR) is 89.6 cm³/mol. The Morgan fingerprint density at radius 3 is 2.67 bits per heavy atom. The van der Waals surface area contributed by atoms with Gasteiger partial charge >= 0.3 is 5.97 Å². The number of benzene rings is 1. The number of hydrogen-bond donors (Lipinski definition) is 2. The minimum absolute atomic E-state index is 0.0902. The lowest BCUT2D eigenvalue weighted by molar-refractivity contribution is -0.136. The number of aliphatic carboxylic acids is 1. The molecule has 0 radical (unpaired) electrons. The molecule has 0 atom stereocenters. The van der Waals surface area contributed by atoms with E-state index in [0.29, 0.717) is 5.69 Å². The number of carbonyl (C=O) groups is 2. The van der Waals surface area contributed by atoms with Gasteiger partial charge in [0.25, 0.3) is 5.91 Å². The van der Waals surface area contributed by atoms with Crippen molar-refractivity contribution in [1.82, 2.24) is 15.1 Å². The van der Waals surface area contributed by atoms with Crippen LogP contribution in [0.5, 0.6) is 0 Å². The molecule has 1 aromatic heterocycles. The van der Waals surface area contributed by atoms with Crippen LogP contribution in [0.3, 0.4) is 0 Å². The maximum atomic E-state index is 12.4. The second-order valence-corrected chi connectivity index (χ2v) is 5.96. The number of nitrogens with zero attached hydrogens (tertiary/aromatic N) is 2. The number of aryl methyl sites for hydroxylation is 1. The van der Waals surface area contributed by atoms with Crippen molar-refractivity contribution in [2.75, 3.05) is 6.54 Å². The van der Waals surface area contributed by atoms with Crippen LogP contribution in [0, 0.1) is 0 Å². The quantitative estimate of drug-likeness (QED) is 0.851. The summed E-state index contributed by atoms with van der Waals surface area (Å²) in [4.78, 5) is 22.9. The van der Waals surface area contributed by atoms with E-state index in [1.807, 2.05) is 16.8 Å². The van der Waals surface area contributed by atoms with Gasteiger partial charge in [0.1, 0.15) is 0 Å². The minimum Gasteiger partial charge on any atom is -0.481 e. The lowest BCUT2D eigenvalue weighted by Gasteiger charge is -2.06. The first-order valence-electron chi connectivity index (χ1n) is 8.30. The number of carboxylic acids is 1. The molecule has 0 saturated carbocycles. The van der Waals surface area contributed by atoms with Crippen LogP contribution in [-0.2, 0) is 24.1 Å². The van der Waals surface area contributed by atoms with Crippen molar-refractivity contribution in [1.29, 1.82) is 0 Å². The molecule has 2 N–H and O–H groups in total. The Bertz CT molecular complexity index is 763. The smallest absolute Gasteiger partial charge is 0.305 e. The van der Waals surface area contributed by atoms with E-state index in [1.54, 1.807) is 0 Å². The molecule has 1 aliphatic carbocycles. The molecule has 3 rings (SSSR count). The number of amides is 1. The Morgan fingerprint density at radius 2 is 2.00 bits per heavy atom. The summed E-state index contributed by atoms with van der Waals surface area (Å²) in [5.41, 5.74) is 4.71. The third-order valence-electron chi connectivity index (χ3n) is 4.36. The Balaban J connectivity index is 1.86. The molecule has 1 amide bonds. The van der Waals surface area contributed by atoms with Gasteiger partial charge in [-0.1, -0.05) is 19.1 Å². The lowest BCUT2D eigenvalue weighted by Crippen LogP contribution is -2.27. The van der Waals surface area contributed by atoms with Crippen LogP contribution in [0.4, 0.5) is 0 Å². The van der Waals surface area contributed by atoms with Crippen LogP contribution in [-0.4, -0.2) is 33.3 Å². The number of fused-ring (bicyclic) bond motifs is 1. The largest absolute Gasteiger partial charge is 0.481 e. The average molecular weight is 327 g/mol. The van der Waals surface area contributed by atoms with Crippen LogP contribution in [0.1, 0.15) is 47.1 Å². The van der Waals surface area contributed by atoms with Crippen LogP contribution < -0.4 is 5.32 Å². The molecule has 0 fully saturated rings. The molecule has 0 spiro atoms. The highest BCUT2D eigenvalue weighted by Gasteiger charge is 2.26. The molecule has 1 aromatic carbocycles. The second kappa shape index (κ2) is 6.86. The fourth-order valence-electron chi connectivity index (χ4n) is 3.07. The highest BCUT2D eigenvalue weighted by molar-refractivity contribution is 5.94. The molecule has 0 bridgehead atoms. The van der Waals surface area contributed by atoms with E-state index >= 15 is 0 Å². The summed E-state index contributed by atoms with van der Waals surface area (Å²) in [5.74, 6) is -1.22. The van der Waals surface area contributed by atoms with Crippen molar-refractivity contribution in [2.24, 2.45) is 0 Å². The van der Waals surface area contributed by atoms with Crippen LogP contribution in [0.2, 0.25) is 0 Å². The summed E-state index contributed by atoms with van der Waals surface area (Å²) >= 11 is 0. The standard InChI is InChI=1S/C18H21N3O3/c1-2-12-6-8-13(9-7-12)21-15-5-3-4-14(15)17(20-21)18(24)19-11-10-16(22)23/h6-9H,2-5,10-11H2,1H3,(H,19,24)(H,22,23). The van der Waals surface area contributed by atoms with Crippen molar-refractivity contribution in [2.45, 2.75) is 39.0 Å². The average Bonchev–Trinajstić information content (AvgIpc) is 3.16. The van der Waals surface area contributed by atoms with E-state index in [9.17, 15) is 9.59 Å². The topological polar surface area (TPSA) is 84.2 Å². The van der Waals surface area contributed by atoms with Crippen LogP contribution >= 0.6 is 0 Å². The third kappa shape index (κ3) is 3.18. The molecule has 0 unspecified atom stereocenters. The van der Waals surface area contributed by atoms with Gasteiger partial charge in [-0.2, -0.15) is 5.10 Å². The summed E-state index contributed by atoms with van der Waals surface area (Å²) in [7, 11) is 0. The first-order valence-corrected chi connectivity index (χ1v) is 8.30. The van der Waals surface area contributed by atoms with Crippen molar-refractivity contribution in [3.05, 3.63) is 46.8 Å². The summed E-state index contributed by atoms with van der Waals surface area (Å²) < 4.78 is 1.86. The number of carboxylic acid groups (broad SMARTS) is 1. The van der Waals surface area contributed by atoms with Gasteiger partial charge in [-0.15, -0.1) is 0 Å². The zero-order valence-corrected chi connectivity index (χ0v) is 13.7. The van der Waals surface area contributed by atoms with E-state index in [1.165, 1.54) is 5.56 Å². The SMILES string of the molecule is CCc1ccc(-n2nc(C(=O)NCCC(=O)O)c3c2CCC3)cc1. The number of hydrogen-bond acceptors (Lipinski definition) is 3.